The normalized spacial score (nSPS) is 16.7. The first-order valence-electron chi connectivity index (χ1n) is 6.83. The fourth-order valence-corrected chi connectivity index (χ4v) is 2.10. The summed E-state index contributed by atoms with van der Waals surface area (Å²) < 4.78 is 15.3. The predicted molar refractivity (Wildman–Crippen MR) is 80.4 cm³/mol. The van der Waals surface area contributed by atoms with Gasteiger partial charge in [0.1, 0.15) is 5.75 Å². The van der Waals surface area contributed by atoms with Crippen molar-refractivity contribution in [2.24, 2.45) is 0 Å². The van der Waals surface area contributed by atoms with Crippen LogP contribution in [0.3, 0.4) is 0 Å². The Kier molecular flexibility index (Phi) is 4.12. The fourth-order valence-electron chi connectivity index (χ4n) is 2.10. The van der Waals surface area contributed by atoms with Crippen molar-refractivity contribution in [3.63, 3.8) is 0 Å². The quantitative estimate of drug-likeness (QED) is 0.525. The Morgan fingerprint density at radius 3 is 2.23 bits per heavy atom. The van der Waals surface area contributed by atoms with E-state index in [0.717, 1.165) is 22.6 Å². The zero-order valence-corrected chi connectivity index (χ0v) is 13.3. The van der Waals surface area contributed by atoms with Gasteiger partial charge in [-0.1, -0.05) is 0 Å². The molecule has 1 aromatic rings. The lowest BCUT2D eigenvalue weighted by Gasteiger charge is -2.29. The highest BCUT2D eigenvalue weighted by atomic mass is 16.7. The van der Waals surface area contributed by atoms with Crippen LogP contribution in [0.1, 0.15) is 25.0 Å². The predicted octanol–water partition coefficient (Wildman–Crippen LogP) is 2.44. The number of esters is 2. The molecule has 0 aliphatic carbocycles. The summed E-state index contributed by atoms with van der Waals surface area (Å²) in [5.41, 5.74) is 2.51. The number of cyclic esters (lactones) is 2. The van der Waals surface area contributed by atoms with E-state index in [2.05, 4.69) is 5.32 Å². The Labute approximate surface area is 129 Å². The molecule has 0 bridgehead atoms. The van der Waals surface area contributed by atoms with Crippen LogP contribution in [0.5, 0.6) is 5.75 Å². The van der Waals surface area contributed by atoms with Crippen LogP contribution in [0.4, 0.5) is 5.69 Å². The number of anilines is 1. The minimum atomic E-state index is -1.24. The molecule has 0 amide bonds. The number of nitrogens with one attached hydrogen (secondary N) is 1. The van der Waals surface area contributed by atoms with Crippen LogP contribution in [-0.2, 0) is 19.1 Å². The Morgan fingerprint density at radius 1 is 1.09 bits per heavy atom. The summed E-state index contributed by atoms with van der Waals surface area (Å²) >= 11 is 0. The number of ether oxygens (including phenoxy) is 3. The van der Waals surface area contributed by atoms with Crippen LogP contribution in [-0.4, -0.2) is 24.8 Å². The van der Waals surface area contributed by atoms with Crippen LogP contribution in [0.2, 0.25) is 0 Å². The molecule has 0 radical (unpaired) electrons. The van der Waals surface area contributed by atoms with Crippen LogP contribution in [0, 0.1) is 13.8 Å². The average Bonchev–Trinajstić information content (AvgIpc) is 2.41. The Balaban J connectivity index is 2.24. The number of carbonyl (C=O) groups excluding carboxylic acids is 2. The maximum absolute atomic E-state index is 11.8. The minimum Gasteiger partial charge on any atom is -0.496 e. The summed E-state index contributed by atoms with van der Waals surface area (Å²) in [6, 6.07) is 3.62. The van der Waals surface area contributed by atoms with E-state index in [9.17, 15) is 9.59 Å². The maximum atomic E-state index is 11.8. The number of hydrogen-bond donors (Lipinski definition) is 1. The SMILES string of the molecule is COc1ccc(NC=C2C(=O)OC(C)(C)OC2=O)c(C)c1C. The van der Waals surface area contributed by atoms with Gasteiger partial charge in [0.2, 0.25) is 0 Å². The molecule has 1 heterocycles. The number of hydrogen-bond acceptors (Lipinski definition) is 6. The van der Waals surface area contributed by atoms with E-state index in [1.165, 1.54) is 20.0 Å². The fraction of sp³-hybridized carbons (Fsp3) is 0.375. The highest BCUT2D eigenvalue weighted by Gasteiger charge is 2.38. The number of rotatable bonds is 3. The molecule has 0 unspecified atom stereocenters. The largest absolute Gasteiger partial charge is 0.496 e. The Bertz CT molecular complexity index is 639. The standard InChI is InChI=1S/C16H19NO5/c1-9-10(2)13(20-5)7-6-12(9)17-8-11-14(18)21-16(3,4)22-15(11)19/h6-8,17H,1-5H3. The van der Waals surface area contributed by atoms with Crippen LogP contribution in [0.25, 0.3) is 0 Å². The van der Waals surface area contributed by atoms with Crippen molar-refractivity contribution in [1.29, 1.82) is 0 Å². The number of methoxy groups -OCH3 is 1. The molecule has 0 atom stereocenters. The highest BCUT2D eigenvalue weighted by Crippen LogP contribution is 2.28. The second-order valence-electron chi connectivity index (χ2n) is 5.45. The highest BCUT2D eigenvalue weighted by molar-refractivity contribution is 6.15. The first kappa shape index (κ1) is 15.9. The molecule has 0 aromatic heterocycles. The lowest BCUT2D eigenvalue weighted by atomic mass is 10.1. The summed E-state index contributed by atoms with van der Waals surface area (Å²) in [6.07, 6.45) is 1.30. The molecule has 0 saturated carbocycles. The van der Waals surface area contributed by atoms with Crippen LogP contribution >= 0.6 is 0 Å². The second kappa shape index (κ2) is 5.71. The van der Waals surface area contributed by atoms with Crippen LogP contribution < -0.4 is 10.1 Å². The molecule has 1 aliphatic heterocycles. The van der Waals surface area contributed by atoms with Crippen molar-refractivity contribution in [2.75, 3.05) is 12.4 Å². The van der Waals surface area contributed by atoms with Gasteiger partial charge in [-0.05, 0) is 37.1 Å². The molecular formula is C16H19NO5. The Morgan fingerprint density at radius 2 is 1.68 bits per heavy atom. The van der Waals surface area contributed by atoms with E-state index in [0.29, 0.717) is 0 Å². The monoisotopic (exact) mass is 305 g/mol. The van der Waals surface area contributed by atoms with Crippen molar-refractivity contribution in [2.45, 2.75) is 33.5 Å². The molecule has 6 nitrogen and oxygen atoms in total. The van der Waals surface area contributed by atoms with E-state index >= 15 is 0 Å². The van der Waals surface area contributed by atoms with Gasteiger partial charge < -0.3 is 19.5 Å². The Hall–Kier alpha value is -2.50. The summed E-state index contributed by atoms with van der Waals surface area (Å²) in [5.74, 6) is -1.89. The molecule has 1 N–H and O–H groups in total. The third-order valence-electron chi connectivity index (χ3n) is 3.45. The van der Waals surface area contributed by atoms with Crippen LogP contribution in [0.15, 0.2) is 23.9 Å². The lowest BCUT2D eigenvalue weighted by molar-refractivity contribution is -0.222. The molecule has 1 fully saturated rings. The summed E-state index contributed by atoms with van der Waals surface area (Å²) in [5, 5.41) is 2.94. The van der Waals surface area contributed by atoms with Gasteiger partial charge in [0, 0.05) is 25.7 Å². The van der Waals surface area contributed by atoms with Gasteiger partial charge in [-0.15, -0.1) is 0 Å². The first-order chi connectivity index (χ1) is 10.2. The van der Waals surface area contributed by atoms with Gasteiger partial charge >= 0.3 is 11.9 Å². The molecular weight excluding hydrogens is 286 g/mol. The topological polar surface area (TPSA) is 73.9 Å². The average molecular weight is 305 g/mol. The van der Waals surface area contributed by atoms with E-state index < -0.39 is 17.7 Å². The van der Waals surface area contributed by atoms with Crippen molar-refractivity contribution >= 4 is 17.6 Å². The first-order valence-corrected chi connectivity index (χ1v) is 6.83. The zero-order valence-electron chi connectivity index (χ0n) is 13.3. The number of benzene rings is 1. The van der Waals surface area contributed by atoms with E-state index in [1.54, 1.807) is 7.11 Å². The molecule has 22 heavy (non-hydrogen) atoms. The van der Waals surface area contributed by atoms with Gasteiger partial charge in [0.05, 0.1) is 7.11 Å². The van der Waals surface area contributed by atoms with Gasteiger partial charge in [0.15, 0.2) is 5.57 Å². The van der Waals surface area contributed by atoms with Crippen molar-refractivity contribution < 1.29 is 23.8 Å². The zero-order chi connectivity index (χ0) is 16.5. The van der Waals surface area contributed by atoms with Gasteiger partial charge in [-0.25, -0.2) is 9.59 Å². The third kappa shape index (κ3) is 3.05. The maximum Gasteiger partial charge on any atom is 0.350 e. The summed E-state index contributed by atoms with van der Waals surface area (Å²) in [7, 11) is 1.60. The summed E-state index contributed by atoms with van der Waals surface area (Å²) in [4.78, 5) is 23.7. The second-order valence-corrected chi connectivity index (χ2v) is 5.45. The van der Waals surface area contributed by atoms with E-state index in [-0.39, 0.29) is 5.57 Å². The van der Waals surface area contributed by atoms with Gasteiger partial charge in [-0.2, -0.15) is 0 Å². The molecule has 2 rings (SSSR count). The van der Waals surface area contributed by atoms with Gasteiger partial charge in [0.25, 0.3) is 5.79 Å². The molecule has 1 saturated heterocycles. The van der Waals surface area contributed by atoms with Gasteiger partial charge in [-0.3, -0.25) is 0 Å². The molecule has 1 aromatic carbocycles. The van der Waals surface area contributed by atoms with Crippen molar-refractivity contribution in [3.05, 3.63) is 35.0 Å². The van der Waals surface area contributed by atoms with E-state index in [1.807, 2.05) is 26.0 Å². The molecule has 118 valence electrons. The molecule has 1 aliphatic rings. The number of carbonyl (C=O) groups is 2. The smallest absolute Gasteiger partial charge is 0.350 e. The minimum absolute atomic E-state index is 0.174. The van der Waals surface area contributed by atoms with Crippen molar-refractivity contribution in [1.82, 2.24) is 0 Å². The lowest BCUT2D eigenvalue weighted by Crippen LogP contribution is -2.42. The summed E-state index contributed by atoms with van der Waals surface area (Å²) in [6.45, 7) is 6.85. The van der Waals surface area contributed by atoms with E-state index in [4.69, 9.17) is 14.2 Å². The molecule has 6 heteroatoms. The molecule has 0 spiro atoms. The van der Waals surface area contributed by atoms with Crippen molar-refractivity contribution in [3.8, 4) is 5.75 Å². The third-order valence-corrected chi connectivity index (χ3v) is 3.45.